The zero-order valence-electron chi connectivity index (χ0n) is 7.85. The van der Waals surface area contributed by atoms with Crippen molar-refractivity contribution in [2.24, 2.45) is 0 Å². The van der Waals surface area contributed by atoms with E-state index in [1.165, 1.54) is 10.9 Å². The monoisotopic (exact) mass is 195 g/mol. The molecule has 0 bridgehead atoms. The summed E-state index contributed by atoms with van der Waals surface area (Å²) in [5, 5.41) is 3.21. The molecule has 0 atom stereocenters. The fraction of sp³-hybridized carbons (Fsp3) is 0.556. The van der Waals surface area contributed by atoms with Gasteiger partial charge in [0.15, 0.2) is 0 Å². The normalized spacial score (nSPS) is 18.0. The molecule has 1 aromatic heterocycles. The van der Waals surface area contributed by atoms with Crippen molar-refractivity contribution in [2.45, 2.75) is 18.9 Å². The number of ether oxygens (including phenoxy) is 1. The molecule has 0 radical (unpaired) electrons. The molecule has 2 heterocycles. The quantitative estimate of drug-likeness (QED) is 0.713. The second-order valence-electron chi connectivity index (χ2n) is 3.30. The molecule has 1 saturated heterocycles. The van der Waals surface area contributed by atoms with Gasteiger partial charge in [0.2, 0.25) is 0 Å². The Hall–Kier alpha value is -1.36. The van der Waals surface area contributed by atoms with Gasteiger partial charge in [0.1, 0.15) is 12.4 Å². The van der Waals surface area contributed by atoms with E-state index in [0.717, 1.165) is 25.9 Å². The minimum absolute atomic E-state index is 0.0474. The van der Waals surface area contributed by atoms with Crippen molar-refractivity contribution in [3.05, 3.63) is 18.7 Å². The fourth-order valence-electron chi connectivity index (χ4n) is 1.48. The lowest BCUT2D eigenvalue weighted by atomic mass is 10.1. The first-order valence-electron chi connectivity index (χ1n) is 4.76. The van der Waals surface area contributed by atoms with E-state index in [-0.39, 0.29) is 12.2 Å². The summed E-state index contributed by atoms with van der Waals surface area (Å²) in [6, 6.07) is 0. The van der Waals surface area contributed by atoms with Crippen LogP contribution in [-0.2, 0) is 4.74 Å². The zero-order valence-corrected chi connectivity index (χ0v) is 7.85. The molecule has 1 aliphatic rings. The Labute approximate surface area is 82.1 Å². The fourth-order valence-corrected chi connectivity index (χ4v) is 1.48. The number of aromatic nitrogens is 2. The lowest BCUT2D eigenvalue weighted by molar-refractivity contribution is 0.0805. The van der Waals surface area contributed by atoms with Gasteiger partial charge in [-0.1, -0.05) is 0 Å². The van der Waals surface area contributed by atoms with Crippen LogP contribution in [0.5, 0.6) is 0 Å². The van der Waals surface area contributed by atoms with Gasteiger partial charge in [-0.05, 0) is 25.9 Å². The molecule has 0 amide bonds. The summed E-state index contributed by atoms with van der Waals surface area (Å²) in [4.78, 5) is 15.2. The number of rotatable bonds is 1. The van der Waals surface area contributed by atoms with E-state index in [9.17, 15) is 4.79 Å². The maximum atomic E-state index is 11.5. The molecule has 14 heavy (non-hydrogen) atoms. The summed E-state index contributed by atoms with van der Waals surface area (Å²) in [5.74, 6) is 0. The van der Waals surface area contributed by atoms with E-state index in [0.29, 0.717) is 0 Å². The van der Waals surface area contributed by atoms with Gasteiger partial charge in [-0.15, -0.1) is 0 Å². The van der Waals surface area contributed by atoms with Crippen molar-refractivity contribution < 1.29 is 9.53 Å². The number of nitrogens with zero attached hydrogens (tertiary/aromatic N) is 2. The van der Waals surface area contributed by atoms with Gasteiger partial charge in [0.25, 0.3) is 0 Å². The topological polar surface area (TPSA) is 56.1 Å². The van der Waals surface area contributed by atoms with Crippen molar-refractivity contribution in [1.82, 2.24) is 14.9 Å². The minimum Gasteiger partial charge on any atom is -0.445 e. The summed E-state index contributed by atoms with van der Waals surface area (Å²) in [6.07, 6.45) is 6.08. The Morgan fingerprint density at radius 1 is 1.50 bits per heavy atom. The first kappa shape index (κ1) is 9.21. The maximum absolute atomic E-state index is 11.5. The Bertz CT molecular complexity index is 291. The van der Waals surface area contributed by atoms with Crippen LogP contribution in [0.1, 0.15) is 12.8 Å². The highest BCUT2D eigenvalue weighted by Gasteiger charge is 2.17. The first-order chi connectivity index (χ1) is 6.86. The van der Waals surface area contributed by atoms with Crippen LogP contribution >= 0.6 is 0 Å². The van der Waals surface area contributed by atoms with Crippen LogP contribution in [0, 0.1) is 0 Å². The summed E-state index contributed by atoms with van der Waals surface area (Å²) in [6.45, 7) is 1.84. The molecular weight excluding hydrogens is 182 g/mol. The van der Waals surface area contributed by atoms with Crippen LogP contribution in [0.15, 0.2) is 18.7 Å². The van der Waals surface area contributed by atoms with Crippen LogP contribution in [0.25, 0.3) is 0 Å². The highest BCUT2D eigenvalue weighted by molar-refractivity contribution is 5.70. The number of imidazole rings is 1. The summed E-state index contributed by atoms with van der Waals surface area (Å²) >= 11 is 0. The summed E-state index contributed by atoms with van der Waals surface area (Å²) in [5.41, 5.74) is 0. The molecule has 1 aromatic rings. The second-order valence-corrected chi connectivity index (χ2v) is 3.30. The predicted octanol–water partition coefficient (Wildman–Crippen LogP) is 0.620. The highest BCUT2D eigenvalue weighted by atomic mass is 16.6. The molecule has 2 rings (SSSR count). The molecular formula is C9H13N3O2. The molecule has 0 unspecified atom stereocenters. The third-order valence-electron chi connectivity index (χ3n) is 2.27. The van der Waals surface area contributed by atoms with Crippen molar-refractivity contribution in [3.8, 4) is 0 Å². The van der Waals surface area contributed by atoms with Gasteiger partial charge in [0, 0.05) is 12.4 Å². The average Bonchev–Trinajstić information content (AvgIpc) is 2.72. The van der Waals surface area contributed by atoms with Crippen molar-refractivity contribution >= 4 is 6.09 Å². The van der Waals surface area contributed by atoms with Gasteiger partial charge in [0.05, 0.1) is 0 Å². The molecule has 76 valence electrons. The van der Waals surface area contributed by atoms with Crippen molar-refractivity contribution in [3.63, 3.8) is 0 Å². The van der Waals surface area contributed by atoms with E-state index < -0.39 is 0 Å². The molecule has 5 nitrogen and oxygen atoms in total. The smallest absolute Gasteiger partial charge is 0.419 e. The van der Waals surface area contributed by atoms with Crippen LogP contribution in [0.4, 0.5) is 4.79 Å². The second kappa shape index (κ2) is 4.23. The largest absolute Gasteiger partial charge is 0.445 e. The van der Waals surface area contributed by atoms with Gasteiger partial charge in [-0.3, -0.25) is 0 Å². The van der Waals surface area contributed by atoms with Gasteiger partial charge in [-0.2, -0.15) is 0 Å². The van der Waals surface area contributed by atoms with E-state index in [4.69, 9.17) is 4.74 Å². The Kier molecular flexibility index (Phi) is 2.78. The molecule has 0 spiro atoms. The molecule has 1 aliphatic heterocycles. The van der Waals surface area contributed by atoms with Crippen LogP contribution in [-0.4, -0.2) is 34.8 Å². The number of carbonyl (C=O) groups is 1. The first-order valence-corrected chi connectivity index (χ1v) is 4.76. The molecule has 1 fully saturated rings. The van der Waals surface area contributed by atoms with E-state index in [2.05, 4.69) is 10.3 Å². The molecule has 1 N–H and O–H groups in total. The number of hydrogen-bond acceptors (Lipinski definition) is 4. The number of carbonyl (C=O) groups excluding carboxylic acids is 1. The molecule has 0 aliphatic carbocycles. The molecule has 0 saturated carbocycles. The SMILES string of the molecule is O=C(OC1CCNCC1)n1ccnc1. The third kappa shape index (κ3) is 2.11. The van der Waals surface area contributed by atoms with Crippen molar-refractivity contribution in [1.29, 1.82) is 0 Å². The molecule has 0 aromatic carbocycles. The number of nitrogens with one attached hydrogen (secondary N) is 1. The highest BCUT2D eigenvalue weighted by Crippen LogP contribution is 2.08. The van der Waals surface area contributed by atoms with Gasteiger partial charge >= 0.3 is 6.09 Å². The lowest BCUT2D eigenvalue weighted by Crippen LogP contribution is -2.34. The standard InChI is InChI=1S/C9H13N3O2/c13-9(12-6-5-11-7-12)14-8-1-3-10-4-2-8/h5-8,10H,1-4H2. The molecule has 5 heteroatoms. The summed E-state index contributed by atoms with van der Waals surface area (Å²) < 4.78 is 6.63. The Morgan fingerprint density at radius 3 is 2.93 bits per heavy atom. The van der Waals surface area contributed by atoms with Crippen LogP contribution in [0.3, 0.4) is 0 Å². The minimum atomic E-state index is -0.339. The third-order valence-corrected chi connectivity index (χ3v) is 2.27. The zero-order chi connectivity index (χ0) is 9.80. The average molecular weight is 195 g/mol. The predicted molar refractivity (Wildman–Crippen MR) is 50.0 cm³/mol. The lowest BCUT2D eigenvalue weighted by Gasteiger charge is -2.22. The van der Waals surface area contributed by atoms with Gasteiger partial charge in [-0.25, -0.2) is 14.3 Å². The van der Waals surface area contributed by atoms with Crippen LogP contribution in [0.2, 0.25) is 0 Å². The van der Waals surface area contributed by atoms with Gasteiger partial charge < -0.3 is 10.1 Å². The Balaban J connectivity index is 1.87. The summed E-state index contributed by atoms with van der Waals surface area (Å²) in [7, 11) is 0. The maximum Gasteiger partial charge on any atom is 0.419 e. The number of hydrogen-bond donors (Lipinski definition) is 1. The van der Waals surface area contributed by atoms with Crippen molar-refractivity contribution in [2.75, 3.05) is 13.1 Å². The number of piperidine rings is 1. The van der Waals surface area contributed by atoms with E-state index in [1.807, 2.05) is 0 Å². The van der Waals surface area contributed by atoms with E-state index >= 15 is 0 Å². The van der Waals surface area contributed by atoms with Crippen LogP contribution < -0.4 is 5.32 Å². The van der Waals surface area contributed by atoms with E-state index in [1.54, 1.807) is 12.4 Å². The Morgan fingerprint density at radius 2 is 2.29 bits per heavy atom.